The van der Waals surface area contributed by atoms with Gasteiger partial charge in [0.2, 0.25) is 6.79 Å². The fourth-order valence-electron chi connectivity index (χ4n) is 4.07. The number of fused-ring (bicyclic) bond motifs is 3. The monoisotopic (exact) mass is 523 g/mol. The summed E-state index contributed by atoms with van der Waals surface area (Å²) in [6.07, 6.45) is -0.685. The molecule has 3 aromatic carbocycles. The summed E-state index contributed by atoms with van der Waals surface area (Å²) in [5.74, 6) is 1.45. The van der Waals surface area contributed by atoms with Crippen molar-refractivity contribution in [1.29, 1.82) is 0 Å². The Hall–Kier alpha value is -3.92. The van der Waals surface area contributed by atoms with E-state index in [1.807, 2.05) is 24.3 Å². The SMILES string of the molecule is O=C(NN1C(=O)c2cc(Br)ccc2N[C@H]1c1ccc2c(c1)OCCO2)c1ccc2c(c1)OCO2. The lowest BCUT2D eigenvalue weighted by atomic mass is 10.0. The Morgan fingerprint density at radius 2 is 1.65 bits per heavy atom. The van der Waals surface area contributed by atoms with E-state index in [0.29, 0.717) is 53.0 Å². The summed E-state index contributed by atoms with van der Waals surface area (Å²) in [7, 11) is 0. The summed E-state index contributed by atoms with van der Waals surface area (Å²) < 4.78 is 22.8. The summed E-state index contributed by atoms with van der Waals surface area (Å²) in [5.41, 5.74) is 4.89. The van der Waals surface area contributed by atoms with Crippen molar-refractivity contribution in [2.24, 2.45) is 0 Å². The normalized spacial score (nSPS) is 17.6. The molecule has 172 valence electrons. The Morgan fingerprint density at radius 3 is 2.53 bits per heavy atom. The van der Waals surface area contributed by atoms with E-state index in [4.69, 9.17) is 18.9 Å². The second-order valence-corrected chi connectivity index (χ2v) is 8.74. The van der Waals surface area contributed by atoms with Gasteiger partial charge in [-0.1, -0.05) is 22.0 Å². The van der Waals surface area contributed by atoms with Gasteiger partial charge in [0, 0.05) is 21.3 Å². The van der Waals surface area contributed by atoms with Gasteiger partial charge in [-0.25, -0.2) is 5.01 Å². The van der Waals surface area contributed by atoms with Gasteiger partial charge in [0.15, 0.2) is 23.0 Å². The van der Waals surface area contributed by atoms with Gasteiger partial charge in [-0.3, -0.25) is 15.0 Å². The lowest BCUT2D eigenvalue weighted by molar-refractivity contribution is 0.0490. The predicted molar refractivity (Wildman–Crippen MR) is 124 cm³/mol. The molecule has 0 saturated carbocycles. The first-order valence-electron chi connectivity index (χ1n) is 10.6. The van der Waals surface area contributed by atoms with Crippen LogP contribution in [0.4, 0.5) is 5.69 Å². The minimum atomic E-state index is -0.685. The molecule has 0 unspecified atom stereocenters. The van der Waals surface area contributed by atoms with Gasteiger partial charge in [0.25, 0.3) is 11.8 Å². The molecular formula is C24H18BrN3O6. The van der Waals surface area contributed by atoms with Crippen LogP contribution in [0.3, 0.4) is 0 Å². The van der Waals surface area contributed by atoms with E-state index in [1.165, 1.54) is 5.01 Å². The molecule has 2 N–H and O–H groups in total. The molecule has 10 heteroatoms. The van der Waals surface area contributed by atoms with E-state index in [1.54, 1.807) is 30.3 Å². The van der Waals surface area contributed by atoms with Crippen LogP contribution in [0.5, 0.6) is 23.0 Å². The van der Waals surface area contributed by atoms with Crippen LogP contribution in [0.2, 0.25) is 0 Å². The summed E-state index contributed by atoms with van der Waals surface area (Å²) in [4.78, 5) is 26.7. The molecule has 0 aromatic heterocycles. The van der Waals surface area contributed by atoms with E-state index >= 15 is 0 Å². The molecule has 34 heavy (non-hydrogen) atoms. The molecule has 3 aliphatic heterocycles. The lowest BCUT2D eigenvalue weighted by Crippen LogP contribution is -2.52. The first kappa shape index (κ1) is 20.7. The molecule has 0 spiro atoms. The summed E-state index contributed by atoms with van der Waals surface area (Å²) in [6.45, 7) is 1.02. The molecule has 3 aromatic rings. The van der Waals surface area contributed by atoms with Gasteiger partial charge in [0.1, 0.15) is 19.4 Å². The Balaban J connectivity index is 1.37. The lowest BCUT2D eigenvalue weighted by Gasteiger charge is -2.38. The zero-order valence-electron chi connectivity index (χ0n) is 17.7. The maximum atomic E-state index is 13.5. The Labute approximate surface area is 202 Å². The number of ether oxygens (including phenoxy) is 4. The van der Waals surface area contributed by atoms with Crippen LogP contribution in [0.1, 0.15) is 32.4 Å². The predicted octanol–water partition coefficient (Wildman–Crippen LogP) is 3.86. The molecule has 6 rings (SSSR count). The highest BCUT2D eigenvalue weighted by Crippen LogP contribution is 2.38. The van der Waals surface area contributed by atoms with E-state index in [9.17, 15) is 9.59 Å². The molecule has 1 atom stereocenters. The van der Waals surface area contributed by atoms with Crippen molar-refractivity contribution in [1.82, 2.24) is 10.4 Å². The highest BCUT2D eigenvalue weighted by atomic mass is 79.9. The standard InChI is InChI=1S/C24H18BrN3O6/c25-15-3-4-17-16(11-15)24(30)28(27-23(29)14-2-6-19-21(10-14)34-12-33-19)22(26-17)13-1-5-18-20(9-13)32-8-7-31-18/h1-6,9-11,22,26H,7-8,12H2,(H,27,29)/t22-/m1/s1. The van der Waals surface area contributed by atoms with Crippen LogP contribution in [-0.4, -0.2) is 36.8 Å². The first-order valence-corrected chi connectivity index (χ1v) is 11.4. The molecule has 0 radical (unpaired) electrons. The maximum absolute atomic E-state index is 13.5. The first-order chi connectivity index (χ1) is 16.6. The molecule has 2 amide bonds. The van der Waals surface area contributed by atoms with Crippen LogP contribution in [-0.2, 0) is 0 Å². The van der Waals surface area contributed by atoms with Crippen molar-refractivity contribution in [3.63, 3.8) is 0 Å². The number of rotatable bonds is 3. The number of halogens is 1. The van der Waals surface area contributed by atoms with E-state index < -0.39 is 12.1 Å². The highest BCUT2D eigenvalue weighted by Gasteiger charge is 2.35. The average Bonchev–Trinajstić information content (AvgIpc) is 3.33. The molecule has 9 nitrogen and oxygen atoms in total. The Kier molecular flexibility index (Phi) is 4.95. The van der Waals surface area contributed by atoms with Crippen molar-refractivity contribution in [2.75, 3.05) is 25.3 Å². The van der Waals surface area contributed by atoms with Gasteiger partial charge < -0.3 is 24.3 Å². The quantitative estimate of drug-likeness (QED) is 0.537. The van der Waals surface area contributed by atoms with Crippen molar-refractivity contribution in [3.05, 3.63) is 75.8 Å². The van der Waals surface area contributed by atoms with Crippen molar-refractivity contribution in [3.8, 4) is 23.0 Å². The number of hydrogen-bond donors (Lipinski definition) is 2. The molecular weight excluding hydrogens is 506 g/mol. The fourth-order valence-corrected chi connectivity index (χ4v) is 4.43. The molecule has 0 aliphatic carbocycles. The third-order valence-electron chi connectivity index (χ3n) is 5.72. The number of hydrazine groups is 1. The maximum Gasteiger partial charge on any atom is 0.276 e. The number of carbonyl (C=O) groups is 2. The summed E-state index contributed by atoms with van der Waals surface area (Å²) in [5, 5.41) is 4.64. The second-order valence-electron chi connectivity index (χ2n) is 7.82. The molecule has 0 bridgehead atoms. The van der Waals surface area contributed by atoms with Gasteiger partial charge >= 0.3 is 0 Å². The number of benzene rings is 3. The van der Waals surface area contributed by atoms with E-state index in [-0.39, 0.29) is 12.7 Å². The van der Waals surface area contributed by atoms with Crippen LogP contribution < -0.4 is 29.7 Å². The van der Waals surface area contributed by atoms with Crippen LogP contribution in [0.15, 0.2) is 59.1 Å². The minimum absolute atomic E-state index is 0.104. The van der Waals surface area contributed by atoms with Crippen LogP contribution >= 0.6 is 15.9 Å². The molecule has 0 fully saturated rings. The van der Waals surface area contributed by atoms with Gasteiger partial charge in [-0.2, -0.15) is 0 Å². The zero-order valence-corrected chi connectivity index (χ0v) is 19.3. The number of nitrogens with zero attached hydrogens (tertiary/aromatic N) is 1. The minimum Gasteiger partial charge on any atom is -0.486 e. The second kappa shape index (κ2) is 8.14. The van der Waals surface area contributed by atoms with E-state index in [2.05, 4.69) is 26.7 Å². The number of nitrogens with one attached hydrogen (secondary N) is 2. The van der Waals surface area contributed by atoms with Crippen molar-refractivity contribution < 1.29 is 28.5 Å². The summed E-state index contributed by atoms with van der Waals surface area (Å²) in [6, 6.07) is 15.7. The highest BCUT2D eigenvalue weighted by molar-refractivity contribution is 9.10. The molecule has 3 heterocycles. The Bertz CT molecular complexity index is 1330. The molecule has 0 saturated heterocycles. The fraction of sp³-hybridized carbons (Fsp3) is 0.167. The number of anilines is 1. The van der Waals surface area contributed by atoms with Crippen molar-refractivity contribution in [2.45, 2.75) is 6.17 Å². The third-order valence-corrected chi connectivity index (χ3v) is 6.21. The topological polar surface area (TPSA) is 98.4 Å². The van der Waals surface area contributed by atoms with Crippen molar-refractivity contribution >= 4 is 33.4 Å². The van der Waals surface area contributed by atoms with Gasteiger partial charge in [0.05, 0.1) is 5.56 Å². The van der Waals surface area contributed by atoms with Gasteiger partial charge in [-0.15, -0.1) is 0 Å². The third kappa shape index (κ3) is 3.56. The molecule has 3 aliphatic rings. The number of hydrogen-bond acceptors (Lipinski definition) is 7. The number of amides is 2. The van der Waals surface area contributed by atoms with Gasteiger partial charge in [-0.05, 0) is 48.5 Å². The largest absolute Gasteiger partial charge is 0.486 e. The van der Waals surface area contributed by atoms with E-state index in [0.717, 1.165) is 10.0 Å². The Morgan fingerprint density at radius 1 is 0.912 bits per heavy atom. The van der Waals surface area contributed by atoms with Crippen LogP contribution in [0.25, 0.3) is 0 Å². The average molecular weight is 524 g/mol. The summed E-state index contributed by atoms with van der Waals surface area (Å²) >= 11 is 3.41. The van der Waals surface area contributed by atoms with Crippen LogP contribution in [0, 0.1) is 0 Å². The number of carbonyl (C=O) groups excluding carboxylic acids is 2. The smallest absolute Gasteiger partial charge is 0.276 e. The zero-order chi connectivity index (χ0) is 23.2.